The lowest BCUT2D eigenvalue weighted by molar-refractivity contribution is -0.897. The van der Waals surface area contributed by atoms with Crippen molar-refractivity contribution in [2.75, 3.05) is 19.6 Å². The molecule has 2 nitrogen and oxygen atoms in total. The van der Waals surface area contributed by atoms with Crippen LogP contribution in [0.3, 0.4) is 0 Å². The van der Waals surface area contributed by atoms with Crippen LogP contribution in [0.1, 0.15) is 39.0 Å². The molecule has 0 amide bonds. The SMILES string of the molecule is C[C@](O)(C#CC[NH+]1CCCCC1)C1CC1. The van der Waals surface area contributed by atoms with E-state index < -0.39 is 5.60 Å². The van der Waals surface area contributed by atoms with E-state index in [1.807, 2.05) is 6.92 Å². The van der Waals surface area contributed by atoms with Crippen molar-refractivity contribution in [1.29, 1.82) is 0 Å². The Balaban J connectivity index is 1.78. The van der Waals surface area contributed by atoms with E-state index in [9.17, 15) is 5.11 Å². The molecule has 1 saturated heterocycles. The molecule has 2 rings (SSSR count). The lowest BCUT2D eigenvalue weighted by atomic mass is 10.0. The summed E-state index contributed by atoms with van der Waals surface area (Å²) in [5, 5.41) is 10.0. The summed E-state index contributed by atoms with van der Waals surface area (Å²) < 4.78 is 0. The Bertz CT molecular complexity index is 264. The van der Waals surface area contributed by atoms with Gasteiger partial charge in [-0.15, -0.1) is 0 Å². The molecule has 0 bridgehead atoms. The third-order valence-electron chi connectivity index (χ3n) is 3.61. The van der Waals surface area contributed by atoms with Crippen LogP contribution in [-0.4, -0.2) is 30.3 Å². The Labute approximate surface area is 92.7 Å². The Morgan fingerprint density at radius 3 is 2.53 bits per heavy atom. The summed E-state index contributed by atoms with van der Waals surface area (Å²) in [7, 11) is 0. The van der Waals surface area contributed by atoms with Crippen molar-refractivity contribution in [1.82, 2.24) is 0 Å². The summed E-state index contributed by atoms with van der Waals surface area (Å²) in [5.74, 6) is 6.68. The number of piperidine rings is 1. The summed E-state index contributed by atoms with van der Waals surface area (Å²) in [5.41, 5.74) is -0.713. The third kappa shape index (κ3) is 3.22. The average Bonchev–Trinajstić information content (AvgIpc) is 3.02. The third-order valence-corrected chi connectivity index (χ3v) is 3.61. The Kier molecular flexibility index (Phi) is 3.33. The molecule has 0 aromatic heterocycles. The fraction of sp³-hybridized carbons (Fsp3) is 0.846. The molecule has 1 saturated carbocycles. The molecule has 0 aromatic carbocycles. The Hall–Kier alpha value is -0.520. The van der Waals surface area contributed by atoms with Crippen molar-refractivity contribution < 1.29 is 10.0 Å². The second kappa shape index (κ2) is 4.55. The summed E-state index contributed by atoms with van der Waals surface area (Å²) in [6.07, 6.45) is 6.37. The van der Waals surface area contributed by atoms with Gasteiger partial charge in [0.1, 0.15) is 12.1 Å². The highest BCUT2D eigenvalue weighted by atomic mass is 16.3. The second-order valence-electron chi connectivity index (χ2n) is 5.21. The molecular formula is C13H22NO+. The minimum atomic E-state index is -0.713. The molecule has 2 aliphatic rings. The first-order valence-corrected chi connectivity index (χ1v) is 6.24. The molecule has 1 atom stereocenters. The van der Waals surface area contributed by atoms with Gasteiger partial charge in [-0.05, 0) is 50.9 Å². The summed E-state index contributed by atoms with van der Waals surface area (Å²) in [4.78, 5) is 1.60. The number of likely N-dealkylation sites (tertiary alicyclic amines) is 1. The molecule has 0 spiro atoms. The van der Waals surface area contributed by atoms with Crippen LogP contribution in [0.15, 0.2) is 0 Å². The van der Waals surface area contributed by atoms with Gasteiger partial charge in [0.25, 0.3) is 0 Å². The molecular weight excluding hydrogens is 186 g/mol. The van der Waals surface area contributed by atoms with Crippen LogP contribution < -0.4 is 4.90 Å². The fourth-order valence-electron chi connectivity index (χ4n) is 2.32. The highest BCUT2D eigenvalue weighted by molar-refractivity contribution is 5.16. The molecule has 84 valence electrons. The first kappa shape index (κ1) is 11.0. The highest BCUT2D eigenvalue weighted by Crippen LogP contribution is 2.38. The monoisotopic (exact) mass is 208 g/mol. The number of hydrogen-bond donors (Lipinski definition) is 2. The van der Waals surface area contributed by atoms with E-state index in [2.05, 4.69) is 11.8 Å². The van der Waals surface area contributed by atoms with Crippen molar-refractivity contribution in [2.24, 2.45) is 5.92 Å². The van der Waals surface area contributed by atoms with E-state index in [1.54, 1.807) is 4.90 Å². The first-order chi connectivity index (χ1) is 7.18. The minimum Gasteiger partial charge on any atom is -0.378 e. The van der Waals surface area contributed by atoms with Crippen molar-refractivity contribution in [3.63, 3.8) is 0 Å². The summed E-state index contributed by atoms with van der Waals surface area (Å²) in [6, 6.07) is 0. The molecule has 0 aromatic rings. The Morgan fingerprint density at radius 2 is 1.93 bits per heavy atom. The predicted molar refractivity (Wildman–Crippen MR) is 60.5 cm³/mol. The van der Waals surface area contributed by atoms with Crippen LogP contribution in [0.4, 0.5) is 0 Å². The van der Waals surface area contributed by atoms with Gasteiger partial charge in [-0.1, -0.05) is 5.92 Å². The zero-order valence-electron chi connectivity index (χ0n) is 9.68. The fourth-order valence-corrected chi connectivity index (χ4v) is 2.32. The van der Waals surface area contributed by atoms with Crippen LogP contribution in [0.5, 0.6) is 0 Å². The number of nitrogens with one attached hydrogen (secondary N) is 1. The molecule has 2 N–H and O–H groups in total. The van der Waals surface area contributed by atoms with E-state index >= 15 is 0 Å². The van der Waals surface area contributed by atoms with Crippen molar-refractivity contribution in [3.8, 4) is 11.8 Å². The van der Waals surface area contributed by atoms with Gasteiger partial charge in [0.05, 0.1) is 13.1 Å². The van der Waals surface area contributed by atoms with E-state index in [4.69, 9.17) is 0 Å². The molecule has 0 radical (unpaired) electrons. The van der Waals surface area contributed by atoms with E-state index in [0.29, 0.717) is 5.92 Å². The van der Waals surface area contributed by atoms with Gasteiger partial charge in [-0.3, -0.25) is 0 Å². The lowest BCUT2D eigenvalue weighted by Gasteiger charge is -2.21. The van der Waals surface area contributed by atoms with Crippen LogP contribution in [0.2, 0.25) is 0 Å². The smallest absolute Gasteiger partial charge is 0.139 e. The molecule has 15 heavy (non-hydrogen) atoms. The quantitative estimate of drug-likeness (QED) is 0.624. The minimum absolute atomic E-state index is 0.446. The standard InChI is InChI=1S/C13H21NO/c1-13(15,12-6-7-12)8-5-11-14-9-3-2-4-10-14/h12,15H,2-4,6-7,9-11H2,1H3/p+1/t13-/m0/s1. The number of quaternary nitrogens is 1. The summed E-state index contributed by atoms with van der Waals surface area (Å²) >= 11 is 0. The zero-order chi connectivity index (χ0) is 10.7. The first-order valence-electron chi connectivity index (χ1n) is 6.24. The molecule has 0 unspecified atom stereocenters. The number of aliphatic hydroxyl groups is 1. The maximum atomic E-state index is 10.0. The van der Waals surface area contributed by atoms with E-state index in [1.165, 1.54) is 32.4 Å². The topological polar surface area (TPSA) is 24.7 Å². The second-order valence-corrected chi connectivity index (χ2v) is 5.21. The normalized spacial score (nSPS) is 26.5. The van der Waals surface area contributed by atoms with Gasteiger partial charge in [0.2, 0.25) is 0 Å². The maximum Gasteiger partial charge on any atom is 0.139 e. The van der Waals surface area contributed by atoms with E-state index in [-0.39, 0.29) is 0 Å². The number of rotatable bonds is 2. The predicted octanol–water partition coefficient (Wildman–Crippen LogP) is 0.220. The van der Waals surface area contributed by atoms with Crippen molar-refractivity contribution in [3.05, 3.63) is 0 Å². The van der Waals surface area contributed by atoms with E-state index in [0.717, 1.165) is 19.4 Å². The van der Waals surface area contributed by atoms with Gasteiger partial charge < -0.3 is 10.0 Å². The van der Waals surface area contributed by atoms with Crippen molar-refractivity contribution in [2.45, 2.75) is 44.6 Å². The largest absolute Gasteiger partial charge is 0.378 e. The molecule has 1 aliphatic carbocycles. The van der Waals surface area contributed by atoms with Gasteiger partial charge in [0, 0.05) is 0 Å². The van der Waals surface area contributed by atoms with Gasteiger partial charge in [-0.25, -0.2) is 0 Å². The molecule has 1 aliphatic heterocycles. The van der Waals surface area contributed by atoms with Crippen LogP contribution in [0, 0.1) is 17.8 Å². The summed E-state index contributed by atoms with van der Waals surface area (Å²) in [6.45, 7) is 5.31. The van der Waals surface area contributed by atoms with Gasteiger partial charge >= 0.3 is 0 Å². The van der Waals surface area contributed by atoms with Crippen molar-refractivity contribution >= 4 is 0 Å². The van der Waals surface area contributed by atoms with Crippen LogP contribution in [-0.2, 0) is 0 Å². The Morgan fingerprint density at radius 1 is 1.27 bits per heavy atom. The average molecular weight is 208 g/mol. The molecule has 2 fully saturated rings. The molecule has 1 heterocycles. The maximum absolute atomic E-state index is 10.0. The van der Waals surface area contributed by atoms with Crippen LogP contribution >= 0.6 is 0 Å². The zero-order valence-corrected chi connectivity index (χ0v) is 9.68. The van der Waals surface area contributed by atoms with Crippen LogP contribution in [0.25, 0.3) is 0 Å². The van der Waals surface area contributed by atoms with Gasteiger partial charge in [-0.2, -0.15) is 0 Å². The lowest BCUT2D eigenvalue weighted by Crippen LogP contribution is -3.12. The highest BCUT2D eigenvalue weighted by Gasteiger charge is 2.38. The number of hydrogen-bond acceptors (Lipinski definition) is 1. The van der Waals surface area contributed by atoms with Gasteiger partial charge in [0.15, 0.2) is 0 Å². The molecule has 2 heteroatoms.